The van der Waals surface area contributed by atoms with E-state index in [0.717, 1.165) is 47.2 Å². The van der Waals surface area contributed by atoms with E-state index in [1.807, 2.05) is 42.5 Å². The van der Waals surface area contributed by atoms with Crippen molar-refractivity contribution < 1.29 is 9.53 Å². The predicted molar refractivity (Wildman–Crippen MR) is 111 cm³/mol. The lowest BCUT2D eigenvalue weighted by Crippen LogP contribution is -2.37. The van der Waals surface area contributed by atoms with Gasteiger partial charge in [-0.25, -0.2) is 4.68 Å². The van der Waals surface area contributed by atoms with Crippen LogP contribution in [0.25, 0.3) is 10.9 Å². The van der Waals surface area contributed by atoms with Crippen LogP contribution in [0.2, 0.25) is 0 Å². The number of ether oxygens (including phenoxy) is 1. The van der Waals surface area contributed by atoms with Crippen molar-refractivity contribution in [2.24, 2.45) is 0 Å². The number of carbonyl (C=O) groups excluding carboxylic acids is 1. The average molecular weight is 402 g/mol. The molecule has 2 aromatic carbocycles. The van der Waals surface area contributed by atoms with Gasteiger partial charge in [0.25, 0.3) is 0 Å². The molecule has 2 unspecified atom stereocenters. The highest BCUT2D eigenvalue weighted by atomic mass is 16.5. The molecule has 4 aromatic rings. The molecule has 0 aliphatic heterocycles. The molecule has 2 aromatic heterocycles. The molecule has 30 heavy (non-hydrogen) atoms. The van der Waals surface area contributed by atoms with Crippen molar-refractivity contribution in [3.8, 4) is 5.75 Å². The van der Waals surface area contributed by atoms with Gasteiger partial charge in [-0.3, -0.25) is 4.79 Å². The van der Waals surface area contributed by atoms with Gasteiger partial charge < -0.3 is 15.0 Å². The minimum atomic E-state index is -0.629. The Morgan fingerprint density at radius 2 is 2.13 bits per heavy atom. The third-order valence-corrected chi connectivity index (χ3v) is 5.72. The van der Waals surface area contributed by atoms with Crippen molar-refractivity contribution in [2.45, 2.75) is 31.3 Å². The van der Waals surface area contributed by atoms with Crippen molar-refractivity contribution in [1.82, 2.24) is 30.5 Å². The second-order valence-corrected chi connectivity index (χ2v) is 7.49. The summed E-state index contributed by atoms with van der Waals surface area (Å²) >= 11 is 0. The molecule has 8 nitrogen and oxygen atoms in total. The largest absolute Gasteiger partial charge is 0.497 e. The number of amides is 1. The quantitative estimate of drug-likeness (QED) is 0.535. The number of tetrazole rings is 1. The van der Waals surface area contributed by atoms with E-state index in [-0.39, 0.29) is 11.9 Å². The standard InChI is InChI=1S/C22H22N6O2/c1-30-15-10-11-18-17(12-15)16-8-5-9-19(20(16)24-18)25-22(29)21(28-13-23-26-27-28)14-6-3-2-4-7-14/h2-4,6-7,10-13,19,21,24H,5,8-9H2,1H3,(H,25,29). The summed E-state index contributed by atoms with van der Waals surface area (Å²) in [5, 5.41) is 15.8. The SMILES string of the molecule is COc1ccc2[nH]c3c(c2c1)CCCC3NC(=O)C(c1ccccc1)n1cnnn1. The van der Waals surface area contributed by atoms with Crippen LogP contribution in [0.15, 0.2) is 54.9 Å². The molecule has 0 saturated heterocycles. The van der Waals surface area contributed by atoms with Crippen LogP contribution >= 0.6 is 0 Å². The smallest absolute Gasteiger partial charge is 0.250 e. The summed E-state index contributed by atoms with van der Waals surface area (Å²) in [7, 11) is 1.67. The maximum atomic E-state index is 13.4. The van der Waals surface area contributed by atoms with Crippen molar-refractivity contribution in [2.75, 3.05) is 7.11 Å². The first-order chi connectivity index (χ1) is 14.7. The summed E-state index contributed by atoms with van der Waals surface area (Å²) in [6, 6.07) is 14.9. The monoisotopic (exact) mass is 402 g/mol. The van der Waals surface area contributed by atoms with Gasteiger partial charge >= 0.3 is 0 Å². The zero-order chi connectivity index (χ0) is 20.5. The van der Waals surface area contributed by atoms with Crippen LogP contribution in [0.4, 0.5) is 0 Å². The van der Waals surface area contributed by atoms with Crippen LogP contribution in [0.3, 0.4) is 0 Å². The minimum absolute atomic E-state index is 0.0951. The maximum Gasteiger partial charge on any atom is 0.250 e. The molecule has 1 amide bonds. The van der Waals surface area contributed by atoms with E-state index >= 15 is 0 Å². The van der Waals surface area contributed by atoms with E-state index in [2.05, 4.69) is 31.9 Å². The average Bonchev–Trinajstić information content (AvgIpc) is 3.43. The zero-order valence-electron chi connectivity index (χ0n) is 16.6. The fraction of sp³-hybridized carbons (Fsp3) is 0.273. The number of fused-ring (bicyclic) bond motifs is 3. The Labute approximate surface area is 173 Å². The van der Waals surface area contributed by atoms with E-state index in [4.69, 9.17) is 4.74 Å². The van der Waals surface area contributed by atoms with E-state index < -0.39 is 6.04 Å². The van der Waals surface area contributed by atoms with Crippen LogP contribution in [-0.2, 0) is 11.2 Å². The van der Waals surface area contributed by atoms with Gasteiger partial charge in [-0.15, -0.1) is 5.10 Å². The second-order valence-electron chi connectivity index (χ2n) is 7.49. The number of nitrogens with one attached hydrogen (secondary N) is 2. The minimum Gasteiger partial charge on any atom is -0.497 e. The predicted octanol–water partition coefficient (Wildman–Crippen LogP) is 2.95. The summed E-state index contributed by atoms with van der Waals surface area (Å²) in [6.45, 7) is 0. The number of benzene rings is 2. The Kier molecular flexibility index (Phi) is 4.66. The van der Waals surface area contributed by atoms with Crippen LogP contribution in [0.1, 0.15) is 41.7 Å². The number of methoxy groups -OCH3 is 1. The van der Waals surface area contributed by atoms with Gasteiger partial charge in [0.2, 0.25) is 5.91 Å². The molecule has 0 saturated carbocycles. The van der Waals surface area contributed by atoms with E-state index in [1.165, 1.54) is 16.6 Å². The molecular weight excluding hydrogens is 380 g/mol. The molecule has 0 fully saturated rings. The molecule has 8 heteroatoms. The summed E-state index contributed by atoms with van der Waals surface area (Å²) in [4.78, 5) is 16.9. The molecule has 2 N–H and O–H groups in total. The Bertz CT molecular complexity index is 1170. The Morgan fingerprint density at radius 1 is 1.27 bits per heavy atom. The second kappa shape index (κ2) is 7.62. The summed E-state index contributed by atoms with van der Waals surface area (Å²) in [5.74, 6) is 0.695. The molecule has 0 bridgehead atoms. The number of rotatable bonds is 5. The van der Waals surface area contributed by atoms with Crippen LogP contribution in [0, 0.1) is 0 Å². The normalized spacial score (nSPS) is 16.8. The van der Waals surface area contributed by atoms with Crippen molar-refractivity contribution in [3.05, 3.63) is 71.7 Å². The van der Waals surface area contributed by atoms with Gasteiger partial charge in [-0.05, 0) is 59.0 Å². The third kappa shape index (κ3) is 3.20. The molecule has 1 aliphatic rings. The highest BCUT2D eigenvalue weighted by Gasteiger charge is 2.30. The van der Waals surface area contributed by atoms with Gasteiger partial charge in [0.05, 0.1) is 13.2 Å². The highest BCUT2D eigenvalue weighted by Crippen LogP contribution is 2.36. The van der Waals surface area contributed by atoms with Crippen molar-refractivity contribution in [1.29, 1.82) is 0 Å². The molecular formula is C22H22N6O2. The molecule has 2 atom stereocenters. The molecule has 5 rings (SSSR count). The molecule has 2 heterocycles. The van der Waals surface area contributed by atoms with E-state index in [9.17, 15) is 4.79 Å². The van der Waals surface area contributed by atoms with E-state index in [0.29, 0.717) is 0 Å². The van der Waals surface area contributed by atoms with Crippen LogP contribution in [-0.4, -0.2) is 38.2 Å². The lowest BCUT2D eigenvalue weighted by Gasteiger charge is -2.26. The zero-order valence-corrected chi connectivity index (χ0v) is 16.6. The first-order valence-electron chi connectivity index (χ1n) is 10.0. The van der Waals surface area contributed by atoms with E-state index in [1.54, 1.807) is 7.11 Å². The van der Waals surface area contributed by atoms with Gasteiger partial charge in [0, 0.05) is 16.6 Å². The lowest BCUT2D eigenvalue weighted by atomic mass is 9.91. The Hall–Kier alpha value is -3.68. The summed E-state index contributed by atoms with van der Waals surface area (Å²) < 4.78 is 6.88. The summed E-state index contributed by atoms with van der Waals surface area (Å²) in [5.41, 5.74) is 4.21. The molecule has 0 radical (unpaired) electrons. The van der Waals surface area contributed by atoms with Crippen LogP contribution < -0.4 is 10.1 Å². The van der Waals surface area contributed by atoms with Crippen molar-refractivity contribution in [3.63, 3.8) is 0 Å². The third-order valence-electron chi connectivity index (χ3n) is 5.72. The number of H-pyrrole nitrogens is 1. The van der Waals surface area contributed by atoms with Gasteiger partial charge in [0.15, 0.2) is 6.04 Å². The van der Waals surface area contributed by atoms with Gasteiger partial charge in [-0.1, -0.05) is 30.3 Å². The summed E-state index contributed by atoms with van der Waals surface area (Å²) in [6.07, 6.45) is 4.32. The Balaban J connectivity index is 1.48. The molecule has 152 valence electrons. The first kappa shape index (κ1) is 18.4. The number of hydrogen-bond donors (Lipinski definition) is 2. The number of aryl methyl sites for hydroxylation is 1. The van der Waals surface area contributed by atoms with Gasteiger partial charge in [0.1, 0.15) is 12.1 Å². The number of nitrogens with zero attached hydrogens (tertiary/aromatic N) is 4. The molecule has 1 aliphatic carbocycles. The highest BCUT2D eigenvalue weighted by molar-refractivity contribution is 5.88. The lowest BCUT2D eigenvalue weighted by molar-refractivity contribution is -0.124. The first-order valence-corrected chi connectivity index (χ1v) is 10.0. The topological polar surface area (TPSA) is 97.7 Å². The number of aromatic amines is 1. The van der Waals surface area contributed by atoms with Gasteiger partial charge in [-0.2, -0.15) is 0 Å². The number of aromatic nitrogens is 5. The fourth-order valence-corrected chi connectivity index (χ4v) is 4.31. The van der Waals surface area contributed by atoms with Crippen molar-refractivity contribution >= 4 is 16.8 Å². The number of hydrogen-bond acceptors (Lipinski definition) is 5. The Morgan fingerprint density at radius 3 is 2.90 bits per heavy atom. The van der Waals surface area contributed by atoms with Crippen LogP contribution in [0.5, 0.6) is 5.75 Å². The molecule has 0 spiro atoms. The fourth-order valence-electron chi connectivity index (χ4n) is 4.31. The number of carbonyl (C=O) groups is 1. The maximum absolute atomic E-state index is 13.4.